The third kappa shape index (κ3) is 3.06. The predicted molar refractivity (Wildman–Crippen MR) is 81.3 cm³/mol. The molecule has 128 valence electrons. The van der Waals surface area contributed by atoms with Crippen LogP contribution in [0, 0.1) is 23.3 Å². The third-order valence-corrected chi connectivity index (χ3v) is 3.49. The number of hydrogen-bond donors (Lipinski definition) is 1. The maximum absolute atomic E-state index is 14.0. The molecule has 0 unspecified atom stereocenters. The SMILES string of the molecule is COc1c(F)c(F)c(C(=O)Nc2ccccc2C(C)C)c(F)c1F. The van der Waals surface area contributed by atoms with E-state index < -0.39 is 40.5 Å². The van der Waals surface area contributed by atoms with Gasteiger partial charge in [-0.2, -0.15) is 8.78 Å². The minimum atomic E-state index is -1.81. The molecule has 1 N–H and O–H groups in total. The molecule has 2 rings (SSSR count). The van der Waals surface area contributed by atoms with E-state index in [1.54, 1.807) is 18.2 Å². The van der Waals surface area contributed by atoms with Crippen molar-refractivity contribution in [1.29, 1.82) is 0 Å². The van der Waals surface area contributed by atoms with Crippen LogP contribution in [0.5, 0.6) is 5.75 Å². The van der Waals surface area contributed by atoms with Crippen molar-refractivity contribution in [3.05, 3.63) is 58.7 Å². The highest BCUT2D eigenvalue weighted by atomic mass is 19.2. The first kappa shape index (κ1) is 17.8. The number of hydrogen-bond acceptors (Lipinski definition) is 2. The zero-order chi connectivity index (χ0) is 18.0. The quantitative estimate of drug-likeness (QED) is 0.650. The van der Waals surface area contributed by atoms with Crippen molar-refractivity contribution in [2.75, 3.05) is 12.4 Å². The lowest BCUT2D eigenvalue weighted by Gasteiger charge is -2.15. The van der Waals surface area contributed by atoms with Gasteiger partial charge in [-0.05, 0) is 17.5 Å². The molecule has 2 aromatic carbocycles. The number of para-hydroxylation sites is 1. The summed E-state index contributed by atoms with van der Waals surface area (Å²) in [6.07, 6.45) is 0. The normalized spacial score (nSPS) is 10.8. The molecule has 0 saturated carbocycles. The highest BCUT2D eigenvalue weighted by Gasteiger charge is 2.30. The number of amides is 1. The molecule has 0 radical (unpaired) electrons. The first-order valence-electron chi connectivity index (χ1n) is 7.09. The summed E-state index contributed by atoms with van der Waals surface area (Å²) in [5, 5.41) is 2.29. The molecule has 0 aromatic heterocycles. The Hall–Kier alpha value is -2.57. The maximum atomic E-state index is 14.0. The van der Waals surface area contributed by atoms with E-state index >= 15 is 0 Å². The largest absolute Gasteiger partial charge is 0.491 e. The highest BCUT2D eigenvalue weighted by Crippen LogP contribution is 2.31. The van der Waals surface area contributed by atoms with Crippen molar-refractivity contribution >= 4 is 11.6 Å². The van der Waals surface area contributed by atoms with Crippen LogP contribution in [0.3, 0.4) is 0 Å². The number of halogens is 4. The summed E-state index contributed by atoms with van der Waals surface area (Å²) in [4.78, 5) is 12.2. The summed E-state index contributed by atoms with van der Waals surface area (Å²) < 4.78 is 59.7. The minimum absolute atomic E-state index is 0.0144. The molecule has 0 bridgehead atoms. The van der Waals surface area contributed by atoms with Gasteiger partial charge < -0.3 is 10.1 Å². The summed E-state index contributed by atoms with van der Waals surface area (Å²) >= 11 is 0. The van der Waals surface area contributed by atoms with Crippen molar-refractivity contribution < 1.29 is 27.1 Å². The fraction of sp³-hybridized carbons (Fsp3) is 0.235. The Morgan fingerprint density at radius 3 is 2.04 bits per heavy atom. The Labute approximate surface area is 136 Å². The van der Waals surface area contributed by atoms with Crippen LogP contribution in [0.2, 0.25) is 0 Å². The van der Waals surface area contributed by atoms with Crippen LogP contribution in [-0.4, -0.2) is 13.0 Å². The van der Waals surface area contributed by atoms with Crippen molar-refractivity contribution in [2.24, 2.45) is 0 Å². The van der Waals surface area contributed by atoms with Gasteiger partial charge in [0, 0.05) is 5.69 Å². The maximum Gasteiger partial charge on any atom is 0.261 e. The molecule has 0 fully saturated rings. The molecule has 24 heavy (non-hydrogen) atoms. The van der Waals surface area contributed by atoms with Gasteiger partial charge in [0.05, 0.1) is 7.11 Å². The molecule has 0 heterocycles. The summed E-state index contributed by atoms with van der Waals surface area (Å²) in [5.41, 5.74) is -0.335. The fourth-order valence-electron chi connectivity index (χ4n) is 2.29. The predicted octanol–water partition coefficient (Wildman–Crippen LogP) is 4.63. The standard InChI is InChI=1S/C17H15F4NO2/c1-8(2)9-6-4-5-7-10(9)22-17(23)11-12(18)14(20)16(24-3)15(21)13(11)19/h4-8H,1-3H3,(H,22,23). The second-order valence-electron chi connectivity index (χ2n) is 5.36. The zero-order valence-electron chi connectivity index (χ0n) is 13.2. The Balaban J connectivity index is 2.49. The minimum Gasteiger partial charge on any atom is -0.491 e. The van der Waals surface area contributed by atoms with E-state index in [0.29, 0.717) is 11.3 Å². The molecule has 0 aliphatic rings. The first-order valence-corrected chi connectivity index (χ1v) is 7.09. The number of rotatable bonds is 4. The lowest BCUT2D eigenvalue weighted by molar-refractivity contribution is 0.101. The van der Waals surface area contributed by atoms with Gasteiger partial charge in [0.1, 0.15) is 5.56 Å². The number of anilines is 1. The Kier molecular flexibility index (Phi) is 5.11. The van der Waals surface area contributed by atoms with E-state index in [-0.39, 0.29) is 5.92 Å². The van der Waals surface area contributed by atoms with Crippen molar-refractivity contribution in [1.82, 2.24) is 0 Å². The van der Waals surface area contributed by atoms with Gasteiger partial charge in [-0.15, -0.1) is 0 Å². The second-order valence-corrected chi connectivity index (χ2v) is 5.36. The average molecular weight is 341 g/mol. The van der Waals surface area contributed by atoms with Gasteiger partial charge in [0.2, 0.25) is 11.6 Å². The molecule has 0 aliphatic heterocycles. The lowest BCUT2D eigenvalue weighted by Crippen LogP contribution is -2.19. The summed E-state index contributed by atoms with van der Waals surface area (Å²) in [7, 11) is 0.860. The summed E-state index contributed by atoms with van der Waals surface area (Å²) in [6.45, 7) is 3.72. The molecular weight excluding hydrogens is 326 g/mol. The lowest BCUT2D eigenvalue weighted by atomic mass is 10.0. The van der Waals surface area contributed by atoms with Crippen LogP contribution < -0.4 is 10.1 Å². The summed E-state index contributed by atoms with van der Waals surface area (Å²) in [6, 6.07) is 6.60. The molecule has 1 amide bonds. The Morgan fingerprint density at radius 2 is 1.54 bits per heavy atom. The molecule has 3 nitrogen and oxygen atoms in total. The monoisotopic (exact) mass is 341 g/mol. The van der Waals surface area contributed by atoms with Crippen molar-refractivity contribution in [2.45, 2.75) is 19.8 Å². The third-order valence-electron chi connectivity index (χ3n) is 3.49. The van der Waals surface area contributed by atoms with Crippen molar-refractivity contribution in [3.63, 3.8) is 0 Å². The van der Waals surface area contributed by atoms with Gasteiger partial charge in [0.15, 0.2) is 17.4 Å². The van der Waals surface area contributed by atoms with Gasteiger partial charge in [-0.25, -0.2) is 8.78 Å². The second kappa shape index (κ2) is 6.90. The van der Waals surface area contributed by atoms with Crippen LogP contribution in [0.1, 0.15) is 35.7 Å². The van der Waals surface area contributed by atoms with E-state index in [0.717, 1.165) is 7.11 Å². The molecule has 0 aliphatic carbocycles. The van der Waals surface area contributed by atoms with E-state index in [1.807, 2.05) is 13.8 Å². The van der Waals surface area contributed by atoms with Crippen LogP contribution in [0.25, 0.3) is 0 Å². The van der Waals surface area contributed by atoms with E-state index in [1.165, 1.54) is 6.07 Å². The zero-order valence-corrected chi connectivity index (χ0v) is 13.2. The number of benzene rings is 2. The highest BCUT2D eigenvalue weighted by molar-refractivity contribution is 6.05. The molecule has 0 atom stereocenters. The molecule has 7 heteroatoms. The van der Waals surface area contributed by atoms with Gasteiger partial charge >= 0.3 is 0 Å². The smallest absolute Gasteiger partial charge is 0.261 e. The first-order chi connectivity index (χ1) is 11.3. The van der Waals surface area contributed by atoms with E-state index in [2.05, 4.69) is 10.1 Å². The van der Waals surface area contributed by atoms with E-state index in [9.17, 15) is 22.4 Å². The number of carbonyl (C=O) groups is 1. The topological polar surface area (TPSA) is 38.3 Å². The van der Waals surface area contributed by atoms with Crippen molar-refractivity contribution in [3.8, 4) is 5.75 Å². The molecule has 2 aromatic rings. The van der Waals surface area contributed by atoms with Gasteiger partial charge in [-0.3, -0.25) is 4.79 Å². The van der Waals surface area contributed by atoms with E-state index in [4.69, 9.17) is 0 Å². The molecule has 0 spiro atoms. The van der Waals surface area contributed by atoms with Crippen LogP contribution >= 0.6 is 0 Å². The number of carbonyl (C=O) groups excluding carboxylic acids is 1. The van der Waals surface area contributed by atoms with Crippen LogP contribution in [-0.2, 0) is 0 Å². The number of ether oxygens (including phenoxy) is 1. The summed E-state index contributed by atoms with van der Waals surface area (Å²) in [5.74, 6) is -9.66. The van der Waals surface area contributed by atoms with Gasteiger partial charge in [-0.1, -0.05) is 32.0 Å². The Bertz CT molecular complexity index is 761. The van der Waals surface area contributed by atoms with Gasteiger partial charge in [0.25, 0.3) is 5.91 Å². The van der Waals surface area contributed by atoms with Crippen LogP contribution in [0.4, 0.5) is 23.2 Å². The molecular formula is C17H15F4NO2. The number of methoxy groups -OCH3 is 1. The Morgan fingerprint density at radius 1 is 1.00 bits per heavy atom. The number of nitrogens with one attached hydrogen (secondary N) is 1. The molecule has 0 saturated heterocycles. The average Bonchev–Trinajstić information content (AvgIpc) is 2.54. The van der Waals surface area contributed by atoms with Crippen LogP contribution in [0.15, 0.2) is 24.3 Å². The fourth-order valence-corrected chi connectivity index (χ4v) is 2.29.